The van der Waals surface area contributed by atoms with E-state index in [1.165, 1.54) is 12.1 Å². The summed E-state index contributed by atoms with van der Waals surface area (Å²) >= 11 is 0. The van der Waals surface area contributed by atoms with Gasteiger partial charge in [0.1, 0.15) is 6.07 Å². The molecule has 0 radical (unpaired) electrons. The van der Waals surface area contributed by atoms with Crippen molar-refractivity contribution in [3.63, 3.8) is 0 Å². The van der Waals surface area contributed by atoms with E-state index < -0.39 is 4.92 Å². The Balaban J connectivity index is 1.92. The van der Waals surface area contributed by atoms with E-state index in [4.69, 9.17) is 9.47 Å². The number of benzene rings is 2. The molecule has 1 aliphatic rings. The normalized spacial score (nSPS) is 14.1. The molecule has 0 aromatic heterocycles. The lowest BCUT2D eigenvalue weighted by atomic mass is 9.95. The minimum absolute atomic E-state index is 0.101. The molecule has 3 rings (SSSR count). The largest absolute Gasteiger partial charge is 0.490 e. The van der Waals surface area contributed by atoms with Crippen LogP contribution < -0.4 is 14.8 Å². The van der Waals surface area contributed by atoms with Crippen molar-refractivity contribution in [3.8, 4) is 17.6 Å². The predicted molar refractivity (Wildman–Crippen MR) is 101 cm³/mol. The number of rotatable bonds is 5. The Kier molecular flexibility index (Phi) is 5.46. The van der Waals surface area contributed by atoms with Gasteiger partial charge >= 0.3 is 0 Å². The molecule has 1 N–H and O–H groups in total. The Bertz CT molecular complexity index is 889. The van der Waals surface area contributed by atoms with Crippen LogP contribution in [-0.4, -0.2) is 18.1 Å². The third kappa shape index (κ3) is 4.11. The second-order valence-corrected chi connectivity index (χ2v) is 6.72. The first-order valence-corrected chi connectivity index (χ1v) is 8.84. The summed E-state index contributed by atoms with van der Waals surface area (Å²) in [5, 5.41) is 23.7. The number of nitriles is 1. The highest BCUT2D eigenvalue weighted by atomic mass is 16.6. The molecule has 0 spiro atoms. The Morgan fingerprint density at radius 3 is 2.56 bits per heavy atom. The summed E-state index contributed by atoms with van der Waals surface area (Å²) in [6.45, 7) is 5.37. The molecule has 0 unspecified atom stereocenters. The van der Waals surface area contributed by atoms with Crippen molar-refractivity contribution in [2.75, 3.05) is 18.5 Å². The summed E-state index contributed by atoms with van der Waals surface area (Å²) in [5.41, 5.74) is 1.70. The molecule has 7 nitrogen and oxygen atoms in total. The zero-order valence-corrected chi connectivity index (χ0v) is 15.3. The summed E-state index contributed by atoms with van der Waals surface area (Å²) in [4.78, 5) is 10.4. The Morgan fingerprint density at radius 1 is 1.15 bits per heavy atom. The summed E-state index contributed by atoms with van der Waals surface area (Å²) in [7, 11) is 0. The van der Waals surface area contributed by atoms with Crippen LogP contribution in [0.3, 0.4) is 0 Å². The van der Waals surface area contributed by atoms with Gasteiger partial charge in [-0.1, -0.05) is 19.9 Å². The quantitative estimate of drug-likeness (QED) is 0.620. The fourth-order valence-electron chi connectivity index (χ4n) is 3.04. The lowest BCUT2D eigenvalue weighted by Crippen LogP contribution is -2.17. The number of nitrogens with zero attached hydrogens (tertiary/aromatic N) is 2. The molecule has 1 atom stereocenters. The number of fused-ring (bicyclic) bond motifs is 1. The highest BCUT2D eigenvalue weighted by molar-refractivity contribution is 5.62. The van der Waals surface area contributed by atoms with Gasteiger partial charge in [-0.15, -0.1) is 0 Å². The summed E-state index contributed by atoms with van der Waals surface area (Å²) < 4.78 is 11.5. The van der Waals surface area contributed by atoms with Crippen LogP contribution in [0.4, 0.5) is 11.4 Å². The third-order valence-corrected chi connectivity index (χ3v) is 4.44. The van der Waals surface area contributed by atoms with E-state index in [2.05, 4.69) is 19.2 Å². The molecule has 2 aromatic rings. The Morgan fingerprint density at radius 2 is 1.89 bits per heavy atom. The number of nitro groups is 1. The molecule has 7 heteroatoms. The molecule has 0 aliphatic carbocycles. The highest BCUT2D eigenvalue weighted by Crippen LogP contribution is 2.36. The van der Waals surface area contributed by atoms with Crippen molar-refractivity contribution in [3.05, 3.63) is 57.6 Å². The number of hydrogen-bond acceptors (Lipinski definition) is 6. The fraction of sp³-hybridized carbons (Fsp3) is 0.350. The van der Waals surface area contributed by atoms with Crippen LogP contribution in [0.2, 0.25) is 0 Å². The first kappa shape index (κ1) is 18.5. The monoisotopic (exact) mass is 367 g/mol. The van der Waals surface area contributed by atoms with Gasteiger partial charge in [-0.2, -0.15) is 5.26 Å². The summed E-state index contributed by atoms with van der Waals surface area (Å²) in [5.74, 6) is 1.64. The maximum Gasteiger partial charge on any atom is 0.270 e. The van der Waals surface area contributed by atoms with Gasteiger partial charge in [0.25, 0.3) is 5.69 Å². The highest BCUT2D eigenvalue weighted by Gasteiger charge is 2.21. The fourth-order valence-corrected chi connectivity index (χ4v) is 3.04. The molecule has 2 aromatic carbocycles. The van der Waals surface area contributed by atoms with Gasteiger partial charge in [0.2, 0.25) is 0 Å². The molecule has 0 amide bonds. The number of nitrogens with one attached hydrogen (secondary N) is 1. The molecular weight excluding hydrogens is 346 g/mol. The van der Waals surface area contributed by atoms with Crippen LogP contribution in [-0.2, 0) is 0 Å². The standard InChI is InChI=1S/C20H21N3O4/c1-13(2)20(14-4-7-18-19(11-14)27-9-3-8-26-18)22-17-6-5-16(23(24)25)10-15(17)12-21/h4-7,10-11,13,20,22H,3,8-9H2,1-2H3/t20-/m1/s1. The van der Waals surface area contributed by atoms with Gasteiger partial charge in [0.15, 0.2) is 11.5 Å². The zero-order valence-electron chi connectivity index (χ0n) is 15.3. The maximum atomic E-state index is 10.9. The van der Waals surface area contributed by atoms with Crippen molar-refractivity contribution >= 4 is 11.4 Å². The SMILES string of the molecule is CC(C)[C@@H](Nc1ccc([N+](=O)[O-])cc1C#N)c1ccc2c(c1)OCCCO2. The maximum absolute atomic E-state index is 10.9. The summed E-state index contributed by atoms with van der Waals surface area (Å²) in [6, 6.07) is 12.0. The van der Waals surface area contributed by atoms with Gasteiger partial charge in [-0.25, -0.2) is 0 Å². The van der Waals surface area contributed by atoms with Gasteiger partial charge in [-0.05, 0) is 29.7 Å². The average molecular weight is 367 g/mol. The number of hydrogen-bond donors (Lipinski definition) is 1. The minimum Gasteiger partial charge on any atom is -0.490 e. The van der Waals surface area contributed by atoms with Crippen LogP contribution in [0.5, 0.6) is 11.5 Å². The molecule has 0 fully saturated rings. The molecule has 0 saturated carbocycles. The summed E-state index contributed by atoms with van der Waals surface area (Å²) in [6.07, 6.45) is 0.837. The molecule has 1 aliphatic heterocycles. The topological polar surface area (TPSA) is 97.4 Å². The van der Waals surface area contributed by atoms with Crippen LogP contribution in [0.1, 0.15) is 37.4 Å². The van der Waals surface area contributed by atoms with Gasteiger partial charge in [0.05, 0.1) is 35.4 Å². The van der Waals surface area contributed by atoms with Crippen molar-refractivity contribution < 1.29 is 14.4 Å². The zero-order chi connectivity index (χ0) is 19.4. The number of non-ortho nitro benzene ring substituents is 1. The lowest BCUT2D eigenvalue weighted by Gasteiger charge is -2.25. The van der Waals surface area contributed by atoms with Crippen molar-refractivity contribution in [1.29, 1.82) is 5.26 Å². The van der Waals surface area contributed by atoms with Gasteiger partial charge in [-0.3, -0.25) is 10.1 Å². The van der Waals surface area contributed by atoms with E-state index >= 15 is 0 Å². The van der Waals surface area contributed by atoms with E-state index in [1.54, 1.807) is 6.07 Å². The number of nitro benzene ring substituents is 1. The Hall–Kier alpha value is -3.27. The number of ether oxygens (including phenoxy) is 2. The predicted octanol–water partition coefficient (Wildman–Crippen LogP) is 4.44. The Labute approximate surface area is 157 Å². The van der Waals surface area contributed by atoms with E-state index in [1.807, 2.05) is 24.3 Å². The van der Waals surface area contributed by atoms with Gasteiger partial charge < -0.3 is 14.8 Å². The van der Waals surface area contributed by atoms with E-state index in [9.17, 15) is 15.4 Å². The van der Waals surface area contributed by atoms with Crippen LogP contribution in [0, 0.1) is 27.4 Å². The molecule has 0 saturated heterocycles. The van der Waals surface area contributed by atoms with E-state index in [0.29, 0.717) is 24.7 Å². The van der Waals surface area contributed by atoms with Crippen molar-refractivity contribution in [2.45, 2.75) is 26.3 Å². The first-order chi connectivity index (χ1) is 13.0. The van der Waals surface area contributed by atoms with Crippen LogP contribution in [0.25, 0.3) is 0 Å². The lowest BCUT2D eigenvalue weighted by molar-refractivity contribution is -0.384. The van der Waals surface area contributed by atoms with E-state index in [0.717, 1.165) is 17.7 Å². The van der Waals surface area contributed by atoms with Gasteiger partial charge in [0, 0.05) is 18.6 Å². The van der Waals surface area contributed by atoms with E-state index in [-0.39, 0.29) is 23.2 Å². The molecule has 1 heterocycles. The second-order valence-electron chi connectivity index (χ2n) is 6.72. The van der Waals surface area contributed by atoms with Crippen LogP contribution >= 0.6 is 0 Å². The first-order valence-electron chi connectivity index (χ1n) is 8.84. The smallest absolute Gasteiger partial charge is 0.270 e. The third-order valence-electron chi connectivity index (χ3n) is 4.44. The van der Waals surface area contributed by atoms with Crippen molar-refractivity contribution in [1.82, 2.24) is 0 Å². The van der Waals surface area contributed by atoms with Crippen LogP contribution in [0.15, 0.2) is 36.4 Å². The average Bonchev–Trinajstić information content (AvgIpc) is 2.90. The molecular formula is C20H21N3O4. The minimum atomic E-state index is -0.506. The molecule has 0 bridgehead atoms. The van der Waals surface area contributed by atoms with Crippen molar-refractivity contribution in [2.24, 2.45) is 5.92 Å². The second kappa shape index (κ2) is 7.96. The molecule has 27 heavy (non-hydrogen) atoms. The molecule has 140 valence electrons. The number of anilines is 1.